The van der Waals surface area contributed by atoms with Gasteiger partial charge in [-0.1, -0.05) is 18.2 Å². The largest absolute Gasteiger partial charge is 0.453 e. The number of carbonyl (C=O) groups is 1. The van der Waals surface area contributed by atoms with Gasteiger partial charge >= 0.3 is 0 Å². The highest BCUT2D eigenvalue weighted by Crippen LogP contribution is 2.28. The van der Waals surface area contributed by atoms with Crippen molar-refractivity contribution in [2.45, 2.75) is 19.9 Å². The number of ether oxygens (including phenoxy) is 1. The van der Waals surface area contributed by atoms with Gasteiger partial charge in [0.15, 0.2) is 11.4 Å². The molecule has 28 heavy (non-hydrogen) atoms. The summed E-state index contributed by atoms with van der Waals surface area (Å²) < 4.78 is 7.05. The number of aromatic nitrogens is 2. The van der Waals surface area contributed by atoms with Crippen molar-refractivity contribution in [3.63, 3.8) is 0 Å². The zero-order valence-corrected chi connectivity index (χ0v) is 16.0. The van der Waals surface area contributed by atoms with Crippen LogP contribution in [0.4, 0.5) is 11.4 Å². The topological polar surface area (TPSA) is 85.2 Å². The minimum absolute atomic E-state index is 0.0582. The maximum Gasteiger partial charge on any atom is 0.294 e. The summed E-state index contributed by atoms with van der Waals surface area (Å²) in [5.41, 5.74) is 1.14. The second-order valence-electron chi connectivity index (χ2n) is 6.56. The van der Waals surface area contributed by atoms with E-state index in [0.29, 0.717) is 22.7 Å². The van der Waals surface area contributed by atoms with Crippen molar-refractivity contribution in [2.24, 2.45) is 7.05 Å². The number of nitrogens with one attached hydrogen (secondary N) is 2. The third-order valence-corrected chi connectivity index (χ3v) is 3.91. The van der Waals surface area contributed by atoms with Gasteiger partial charge in [-0.15, -0.1) is 0 Å². The Hall–Kier alpha value is -3.61. The Morgan fingerprint density at radius 1 is 1.07 bits per heavy atom. The molecule has 3 aromatic rings. The molecule has 0 saturated carbocycles. The second kappa shape index (κ2) is 8.39. The molecule has 0 aliphatic heterocycles. The Morgan fingerprint density at radius 2 is 1.75 bits per heavy atom. The Bertz CT molecular complexity index is 1010. The molecule has 0 spiro atoms. The molecule has 1 aromatic heterocycles. The van der Waals surface area contributed by atoms with Crippen molar-refractivity contribution in [1.29, 1.82) is 0 Å². The number of hydrogen-bond donors (Lipinski definition) is 2. The quantitative estimate of drug-likeness (QED) is 0.686. The zero-order chi connectivity index (χ0) is 20.1. The summed E-state index contributed by atoms with van der Waals surface area (Å²) in [5.74, 6) is 0.770. The Morgan fingerprint density at radius 3 is 2.39 bits per heavy atom. The highest BCUT2D eigenvalue weighted by atomic mass is 16.5. The summed E-state index contributed by atoms with van der Waals surface area (Å²) >= 11 is 0. The highest BCUT2D eigenvalue weighted by molar-refractivity contribution is 5.94. The molecule has 0 fully saturated rings. The number of hydrogen-bond acceptors (Lipinski definition) is 5. The van der Waals surface area contributed by atoms with E-state index in [2.05, 4.69) is 15.7 Å². The van der Waals surface area contributed by atoms with E-state index >= 15 is 0 Å². The van der Waals surface area contributed by atoms with Gasteiger partial charge in [0, 0.05) is 24.3 Å². The second-order valence-corrected chi connectivity index (χ2v) is 6.56. The van der Waals surface area contributed by atoms with Crippen molar-refractivity contribution in [3.05, 3.63) is 76.7 Å². The first-order valence-corrected chi connectivity index (χ1v) is 8.91. The molecular formula is C21H22N4O3. The van der Waals surface area contributed by atoms with Crippen molar-refractivity contribution in [1.82, 2.24) is 15.1 Å². The normalized spacial score (nSPS) is 10.6. The van der Waals surface area contributed by atoms with Crippen molar-refractivity contribution < 1.29 is 9.53 Å². The Balaban J connectivity index is 1.86. The summed E-state index contributed by atoms with van der Waals surface area (Å²) in [7, 11) is 1.57. The molecule has 3 rings (SSSR count). The van der Waals surface area contributed by atoms with Crippen LogP contribution in [0.1, 0.15) is 24.2 Å². The third-order valence-electron chi connectivity index (χ3n) is 3.91. The number of rotatable bonds is 6. The molecule has 2 N–H and O–H groups in total. The van der Waals surface area contributed by atoms with Gasteiger partial charge in [-0.3, -0.25) is 9.59 Å². The van der Waals surface area contributed by atoms with Crippen LogP contribution in [-0.2, 0) is 7.05 Å². The van der Waals surface area contributed by atoms with Gasteiger partial charge in [-0.05, 0) is 50.2 Å². The van der Waals surface area contributed by atoms with E-state index in [1.807, 2.05) is 32.0 Å². The monoisotopic (exact) mass is 378 g/mol. The van der Waals surface area contributed by atoms with E-state index < -0.39 is 0 Å². The molecule has 0 radical (unpaired) electrons. The first-order valence-electron chi connectivity index (χ1n) is 8.91. The van der Waals surface area contributed by atoms with Gasteiger partial charge in [0.05, 0.1) is 6.20 Å². The molecular weight excluding hydrogens is 356 g/mol. The van der Waals surface area contributed by atoms with Crippen LogP contribution in [0.3, 0.4) is 0 Å². The number of anilines is 2. The van der Waals surface area contributed by atoms with Crippen LogP contribution < -0.4 is 20.9 Å². The highest BCUT2D eigenvalue weighted by Gasteiger charge is 2.13. The molecule has 7 heteroatoms. The zero-order valence-electron chi connectivity index (χ0n) is 16.0. The molecule has 0 atom stereocenters. The average molecular weight is 378 g/mol. The maximum atomic E-state index is 12.6. The first kappa shape index (κ1) is 19.2. The SMILES string of the molecule is CC(C)NC(=O)c1ccc(Nc2c(Oc3ccccc3)cnn(C)c2=O)cc1. The van der Waals surface area contributed by atoms with E-state index in [9.17, 15) is 9.59 Å². The van der Waals surface area contributed by atoms with E-state index in [-0.39, 0.29) is 23.2 Å². The van der Waals surface area contributed by atoms with Gasteiger partial charge in [0.2, 0.25) is 0 Å². The van der Waals surface area contributed by atoms with Crippen LogP contribution in [0, 0.1) is 0 Å². The van der Waals surface area contributed by atoms with Crippen LogP contribution in [-0.4, -0.2) is 21.7 Å². The molecule has 1 amide bonds. The van der Waals surface area contributed by atoms with Crippen molar-refractivity contribution >= 4 is 17.3 Å². The lowest BCUT2D eigenvalue weighted by Gasteiger charge is -2.13. The number of aryl methyl sites for hydroxylation is 1. The van der Waals surface area contributed by atoms with E-state index in [4.69, 9.17) is 4.74 Å². The number of para-hydroxylation sites is 1. The van der Waals surface area contributed by atoms with E-state index in [1.165, 1.54) is 10.9 Å². The van der Waals surface area contributed by atoms with E-state index in [0.717, 1.165) is 0 Å². The number of carbonyl (C=O) groups excluding carboxylic acids is 1. The predicted molar refractivity (Wildman–Crippen MR) is 108 cm³/mol. The molecule has 7 nitrogen and oxygen atoms in total. The van der Waals surface area contributed by atoms with E-state index in [1.54, 1.807) is 43.4 Å². The lowest BCUT2D eigenvalue weighted by atomic mass is 10.2. The van der Waals surface area contributed by atoms with Gasteiger partial charge in [0.25, 0.3) is 11.5 Å². The van der Waals surface area contributed by atoms with Gasteiger partial charge < -0.3 is 15.4 Å². The Kier molecular flexibility index (Phi) is 5.74. The standard InChI is InChI=1S/C21H22N4O3/c1-14(2)23-20(26)15-9-11-16(12-10-15)24-19-18(13-22-25(3)21(19)27)28-17-7-5-4-6-8-17/h4-14,24H,1-3H3,(H,23,26). The molecule has 0 unspecified atom stereocenters. The minimum atomic E-state index is -0.324. The molecule has 0 aliphatic carbocycles. The maximum absolute atomic E-state index is 12.6. The van der Waals surface area contributed by atoms with Crippen LogP contribution in [0.5, 0.6) is 11.5 Å². The van der Waals surface area contributed by atoms with Crippen molar-refractivity contribution in [3.8, 4) is 11.5 Å². The lowest BCUT2D eigenvalue weighted by molar-refractivity contribution is 0.0943. The third kappa shape index (κ3) is 4.56. The molecule has 144 valence electrons. The fourth-order valence-corrected chi connectivity index (χ4v) is 2.53. The fraction of sp³-hybridized carbons (Fsp3) is 0.190. The summed E-state index contributed by atoms with van der Waals surface area (Å²) in [6.07, 6.45) is 1.49. The van der Waals surface area contributed by atoms with Gasteiger partial charge in [-0.2, -0.15) is 5.10 Å². The molecule has 2 aromatic carbocycles. The number of amides is 1. The molecule has 0 saturated heterocycles. The van der Waals surface area contributed by atoms with Gasteiger partial charge in [0.1, 0.15) is 5.75 Å². The smallest absolute Gasteiger partial charge is 0.294 e. The summed E-state index contributed by atoms with van der Waals surface area (Å²) in [4.78, 5) is 24.6. The lowest BCUT2D eigenvalue weighted by Crippen LogP contribution is -2.29. The Labute approximate surface area is 163 Å². The number of nitrogens with zero attached hydrogens (tertiary/aromatic N) is 2. The van der Waals surface area contributed by atoms with Crippen LogP contribution in [0.2, 0.25) is 0 Å². The molecule has 1 heterocycles. The van der Waals surface area contributed by atoms with Crippen molar-refractivity contribution in [2.75, 3.05) is 5.32 Å². The predicted octanol–water partition coefficient (Wildman–Crippen LogP) is 3.45. The number of benzene rings is 2. The fourth-order valence-electron chi connectivity index (χ4n) is 2.53. The summed E-state index contributed by atoms with van der Waals surface area (Å²) in [5, 5.41) is 9.95. The van der Waals surface area contributed by atoms with Crippen LogP contribution >= 0.6 is 0 Å². The average Bonchev–Trinajstić information content (AvgIpc) is 2.68. The molecule has 0 aliphatic rings. The van der Waals surface area contributed by atoms with Crippen LogP contribution in [0.15, 0.2) is 65.6 Å². The first-order chi connectivity index (χ1) is 13.4. The van der Waals surface area contributed by atoms with Gasteiger partial charge in [-0.25, -0.2) is 4.68 Å². The summed E-state index contributed by atoms with van der Waals surface area (Å²) in [6, 6.07) is 16.1. The minimum Gasteiger partial charge on any atom is -0.453 e. The molecule has 0 bridgehead atoms. The van der Waals surface area contributed by atoms with Crippen LogP contribution in [0.25, 0.3) is 0 Å². The summed E-state index contributed by atoms with van der Waals surface area (Å²) in [6.45, 7) is 3.81.